The molecule has 0 radical (unpaired) electrons. The Morgan fingerprint density at radius 1 is 1.19 bits per heavy atom. The third-order valence-electron chi connectivity index (χ3n) is 5.45. The summed E-state index contributed by atoms with van der Waals surface area (Å²) in [6, 6.07) is 13.4. The lowest BCUT2D eigenvalue weighted by atomic mass is 10.1. The smallest absolute Gasteiger partial charge is 0.354 e. The Hall–Kier alpha value is -3.77. The third-order valence-corrected chi connectivity index (χ3v) is 6.86. The summed E-state index contributed by atoms with van der Waals surface area (Å²) in [4.78, 5) is 39.5. The van der Waals surface area contributed by atoms with E-state index in [4.69, 9.17) is 16.4 Å². The fraction of sp³-hybridized carbons (Fsp3) is 0.208. The van der Waals surface area contributed by atoms with Crippen molar-refractivity contribution in [3.05, 3.63) is 58.4 Å². The zero-order chi connectivity index (χ0) is 26.5. The van der Waals surface area contributed by atoms with Gasteiger partial charge in [0, 0.05) is 21.6 Å². The minimum absolute atomic E-state index is 0.0677. The highest BCUT2D eigenvalue weighted by Crippen LogP contribution is 2.42. The number of alkyl halides is 3. The van der Waals surface area contributed by atoms with Crippen molar-refractivity contribution < 1.29 is 27.6 Å². The van der Waals surface area contributed by atoms with Crippen LogP contribution in [0.1, 0.15) is 23.5 Å². The van der Waals surface area contributed by atoms with Gasteiger partial charge in [-0.3, -0.25) is 9.69 Å². The fourth-order valence-corrected chi connectivity index (χ4v) is 5.03. The van der Waals surface area contributed by atoms with E-state index >= 15 is 0 Å². The molecule has 192 valence electrons. The van der Waals surface area contributed by atoms with Crippen LogP contribution in [0.25, 0.3) is 21.5 Å². The second kappa shape index (κ2) is 9.27. The van der Waals surface area contributed by atoms with Gasteiger partial charge in [-0.05, 0) is 55.8 Å². The number of carbonyl (C=O) groups excluding carboxylic acids is 2. The lowest BCUT2D eigenvalue weighted by Gasteiger charge is -2.34. The topological polar surface area (TPSA) is 90.6 Å². The summed E-state index contributed by atoms with van der Waals surface area (Å²) in [6.07, 6.45) is -5.21. The van der Waals surface area contributed by atoms with E-state index in [1.807, 2.05) is 13.8 Å². The van der Waals surface area contributed by atoms with Gasteiger partial charge >= 0.3 is 12.1 Å². The van der Waals surface area contributed by atoms with Crippen LogP contribution in [0.15, 0.2) is 48.5 Å². The molecule has 4 aromatic rings. The lowest BCUT2D eigenvalue weighted by Crippen LogP contribution is -2.48. The fourth-order valence-electron chi connectivity index (χ4n) is 3.80. The summed E-state index contributed by atoms with van der Waals surface area (Å²) < 4.78 is 39.1. The molecule has 0 spiro atoms. The van der Waals surface area contributed by atoms with E-state index in [0.29, 0.717) is 38.1 Å². The molecule has 5 rings (SSSR count). The Morgan fingerprint density at radius 2 is 1.92 bits per heavy atom. The second-order valence-corrected chi connectivity index (χ2v) is 10.0. The molecule has 3 heterocycles. The van der Waals surface area contributed by atoms with Crippen LogP contribution in [-0.2, 0) is 9.63 Å². The number of aromatic nitrogens is 2. The molecular formula is C24H19ClF3N5O3S. The maximum Gasteiger partial charge on any atom is 0.493 e. The van der Waals surface area contributed by atoms with Crippen molar-refractivity contribution in [3.63, 3.8) is 0 Å². The second-order valence-electron chi connectivity index (χ2n) is 8.55. The standard InChI is InChI=1S/C24H19ClF3N5O3S/c1-12(2)29-23-30-16-8-7-15(9-17(16)31-23)32-11-33(36-22(35)24(26,27)28)18-10-19(37-20(18)21(32)34)13-3-5-14(25)6-4-13/h3-10,12H,11H2,1-2H3,(H2,29,30,31). The van der Waals surface area contributed by atoms with Crippen molar-refractivity contribution in [3.8, 4) is 10.4 Å². The predicted octanol–water partition coefficient (Wildman–Crippen LogP) is 6.21. The highest BCUT2D eigenvalue weighted by molar-refractivity contribution is 7.18. The normalized spacial score (nSPS) is 13.9. The van der Waals surface area contributed by atoms with Gasteiger partial charge in [-0.25, -0.2) is 9.78 Å². The number of hydrogen-bond acceptors (Lipinski definition) is 7. The molecule has 0 unspecified atom stereocenters. The molecule has 0 bridgehead atoms. The van der Waals surface area contributed by atoms with Crippen molar-refractivity contribution >= 4 is 63.2 Å². The number of amides is 1. The van der Waals surface area contributed by atoms with Crippen LogP contribution in [0, 0.1) is 0 Å². The van der Waals surface area contributed by atoms with Crippen LogP contribution in [0.2, 0.25) is 5.02 Å². The van der Waals surface area contributed by atoms with E-state index in [-0.39, 0.29) is 16.6 Å². The zero-order valence-corrected chi connectivity index (χ0v) is 21.0. The van der Waals surface area contributed by atoms with E-state index < -0.39 is 24.7 Å². The maximum atomic E-state index is 13.5. The van der Waals surface area contributed by atoms with Crippen LogP contribution in [0.5, 0.6) is 0 Å². The van der Waals surface area contributed by atoms with Crippen LogP contribution >= 0.6 is 22.9 Å². The molecule has 0 fully saturated rings. The third kappa shape index (κ3) is 4.94. The van der Waals surface area contributed by atoms with Gasteiger partial charge in [-0.1, -0.05) is 23.7 Å². The van der Waals surface area contributed by atoms with Crippen molar-refractivity contribution in [2.45, 2.75) is 26.1 Å². The zero-order valence-electron chi connectivity index (χ0n) is 19.4. The Morgan fingerprint density at radius 3 is 2.59 bits per heavy atom. The average molecular weight is 550 g/mol. The van der Waals surface area contributed by atoms with Crippen molar-refractivity contribution in [2.75, 3.05) is 21.9 Å². The summed E-state index contributed by atoms with van der Waals surface area (Å²) in [6.45, 7) is 3.47. The number of H-pyrrole nitrogens is 1. The molecule has 0 atom stereocenters. The van der Waals surface area contributed by atoms with E-state index in [1.54, 1.807) is 42.5 Å². The highest BCUT2D eigenvalue weighted by Gasteiger charge is 2.45. The molecule has 37 heavy (non-hydrogen) atoms. The van der Waals surface area contributed by atoms with Crippen LogP contribution in [0.4, 0.5) is 30.5 Å². The van der Waals surface area contributed by atoms with Crippen molar-refractivity contribution in [2.24, 2.45) is 0 Å². The van der Waals surface area contributed by atoms with Gasteiger partial charge in [0.05, 0.1) is 11.0 Å². The summed E-state index contributed by atoms with van der Waals surface area (Å²) in [5, 5.41) is 4.44. The van der Waals surface area contributed by atoms with E-state index in [1.165, 1.54) is 11.0 Å². The molecule has 1 aliphatic heterocycles. The number of nitrogens with one attached hydrogen (secondary N) is 2. The molecule has 0 aliphatic carbocycles. The van der Waals surface area contributed by atoms with E-state index in [2.05, 4.69) is 15.3 Å². The number of hydroxylamine groups is 1. The first-order chi connectivity index (χ1) is 17.5. The molecule has 13 heteroatoms. The number of anilines is 3. The Labute approximate surface area is 217 Å². The van der Waals surface area contributed by atoms with E-state index in [0.717, 1.165) is 16.4 Å². The monoisotopic (exact) mass is 549 g/mol. The van der Waals surface area contributed by atoms with Crippen molar-refractivity contribution in [1.29, 1.82) is 0 Å². The maximum absolute atomic E-state index is 13.5. The van der Waals surface area contributed by atoms with Gasteiger partial charge in [-0.2, -0.15) is 18.2 Å². The number of carbonyl (C=O) groups is 2. The lowest BCUT2D eigenvalue weighted by molar-refractivity contribution is -0.201. The molecule has 8 nitrogen and oxygen atoms in total. The van der Waals surface area contributed by atoms with Crippen LogP contribution in [0.3, 0.4) is 0 Å². The van der Waals surface area contributed by atoms with Gasteiger partial charge in [0.25, 0.3) is 5.91 Å². The number of fused-ring (bicyclic) bond motifs is 2. The van der Waals surface area contributed by atoms with Crippen LogP contribution in [-0.4, -0.2) is 40.7 Å². The largest absolute Gasteiger partial charge is 0.493 e. The minimum Gasteiger partial charge on any atom is -0.354 e. The number of rotatable bonds is 5. The number of thiophene rings is 1. The SMILES string of the molecule is CC(C)Nc1nc2cc(N3CN(OC(=O)C(F)(F)F)c4cc(-c5ccc(Cl)cc5)sc4C3=O)ccc2[nH]1. The molecule has 0 saturated heterocycles. The first kappa shape index (κ1) is 24.9. The first-order valence-corrected chi connectivity index (χ1v) is 12.2. The Balaban J connectivity index is 1.54. The number of nitrogens with zero attached hydrogens (tertiary/aromatic N) is 3. The minimum atomic E-state index is -5.21. The molecule has 1 aliphatic rings. The first-order valence-electron chi connectivity index (χ1n) is 11.0. The molecule has 2 N–H and O–H groups in total. The van der Waals surface area contributed by atoms with Gasteiger partial charge in [0.2, 0.25) is 5.95 Å². The summed E-state index contributed by atoms with van der Waals surface area (Å²) in [5.74, 6) is -2.30. The van der Waals surface area contributed by atoms with Crippen molar-refractivity contribution in [1.82, 2.24) is 9.97 Å². The van der Waals surface area contributed by atoms with Gasteiger partial charge in [0.1, 0.15) is 17.2 Å². The molecular weight excluding hydrogens is 531 g/mol. The van der Waals surface area contributed by atoms with Gasteiger partial charge in [-0.15, -0.1) is 11.3 Å². The Kier molecular flexibility index (Phi) is 6.24. The molecule has 2 aromatic carbocycles. The number of benzene rings is 2. The van der Waals surface area contributed by atoms with E-state index in [9.17, 15) is 22.8 Å². The average Bonchev–Trinajstić information content (AvgIpc) is 3.44. The van der Waals surface area contributed by atoms with Gasteiger partial charge < -0.3 is 15.1 Å². The molecule has 1 amide bonds. The number of imidazole rings is 1. The van der Waals surface area contributed by atoms with Gasteiger partial charge in [0.15, 0.2) is 0 Å². The summed E-state index contributed by atoms with van der Waals surface area (Å²) >= 11 is 7.03. The number of aromatic amines is 1. The summed E-state index contributed by atoms with van der Waals surface area (Å²) in [7, 11) is 0. The number of halogens is 4. The number of hydrogen-bond donors (Lipinski definition) is 2. The predicted molar refractivity (Wildman–Crippen MR) is 136 cm³/mol. The Bertz CT molecular complexity index is 1500. The quantitative estimate of drug-likeness (QED) is 0.308. The summed E-state index contributed by atoms with van der Waals surface area (Å²) in [5.41, 5.74) is 2.40. The molecule has 2 aromatic heterocycles. The molecule has 0 saturated carbocycles. The van der Waals surface area contributed by atoms with Crippen LogP contribution < -0.4 is 15.3 Å². The highest BCUT2D eigenvalue weighted by atomic mass is 35.5.